The highest BCUT2D eigenvalue weighted by atomic mass is 35.5. The van der Waals surface area contributed by atoms with Crippen molar-refractivity contribution in [2.24, 2.45) is 17.6 Å². The van der Waals surface area contributed by atoms with Crippen LogP contribution in [0.25, 0.3) is 0 Å². The molecule has 1 aromatic rings. The SMILES string of the molecule is CC1CC(C)C(C)N(CCC(N)c2ccccc2Cl)C1. The highest BCUT2D eigenvalue weighted by Gasteiger charge is 2.28. The van der Waals surface area contributed by atoms with Gasteiger partial charge >= 0.3 is 0 Å². The number of piperidine rings is 1. The molecule has 1 aliphatic heterocycles. The van der Waals surface area contributed by atoms with E-state index in [4.69, 9.17) is 17.3 Å². The van der Waals surface area contributed by atoms with E-state index in [0.29, 0.717) is 6.04 Å². The highest BCUT2D eigenvalue weighted by Crippen LogP contribution is 2.28. The van der Waals surface area contributed by atoms with Crippen molar-refractivity contribution < 1.29 is 0 Å². The van der Waals surface area contributed by atoms with Crippen LogP contribution in [0.2, 0.25) is 5.02 Å². The molecule has 0 saturated carbocycles. The highest BCUT2D eigenvalue weighted by molar-refractivity contribution is 6.31. The first-order valence-corrected chi connectivity index (χ1v) is 8.11. The lowest BCUT2D eigenvalue weighted by Crippen LogP contribution is -2.46. The number of benzene rings is 1. The molecule has 3 heteroatoms. The molecule has 1 heterocycles. The van der Waals surface area contributed by atoms with Crippen molar-refractivity contribution in [1.29, 1.82) is 0 Å². The Hall–Kier alpha value is -0.570. The van der Waals surface area contributed by atoms with Crippen LogP contribution in [0.3, 0.4) is 0 Å². The van der Waals surface area contributed by atoms with E-state index in [9.17, 15) is 0 Å². The molecule has 2 rings (SSSR count). The fraction of sp³-hybridized carbons (Fsp3) is 0.647. The van der Waals surface area contributed by atoms with Gasteiger partial charge in [-0.3, -0.25) is 0 Å². The average molecular weight is 295 g/mol. The molecule has 0 bridgehead atoms. The summed E-state index contributed by atoms with van der Waals surface area (Å²) in [6.07, 6.45) is 2.31. The van der Waals surface area contributed by atoms with Crippen LogP contribution in [0.1, 0.15) is 45.2 Å². The molecule has 1 aliphatic rings. The molecule has 2 N–H and O–H groups in total. The predicted molar refractivity (Wildman–Crippen MR) is 87.0 cm³/mol. The second kappa shape index (κ2) is 6.93. The minimum atomic E-state index is 0.0310. The van der Waals surface area contributed by atoms with Crippen LogP contribution in [0, 0.1) is 11.8 Å². The molecule has 0 amide bonds. The molecule has 4 atom stereocenters. The number of rotatable bonds is 4. The van der Waals surface area contributed by atoms with Gasteiger partial charge in [0, 0.05) is 30.2 Å². The van der Waals surface area contributed by atoms with Crippen molar-refractivity contribution in [2.75, 3.05) is 13.1 Å². The van der Waals surface area contributed by atoms with E-state index in [1.165, 1.54) is 13.0 Å². The lowest BCUT2D eigenvalue weighted by molar-refractivity contribution is 0.0770. The third kappa shape index (κ3) is 3.75. The molecule has 2 nitrogen and oxygen atoms in total. The number of nitrogens with two attached hydrogens (primary N) is 1. The Morgan fingerprint density at radius 3 is 2.70 bits per heavy atom. The quantitative estimate of drug-likeness (QED) is 0.906. The van der Waals surface area contributed by atoms with Crippen LogP contribution in [0.5, 0.6) is 0 Å². The molecule has 1 aromatic carbocycles. The number of hydrogen-bond donors (Lipinski definition) is 1. The summed E-state index contributed by atoms with van der Waals surface area (Å²) in [4.78, 5) is 2.59. The van der Waals surface area contributed by atoms with E-state index >= 15 is 0 Å². The monoisotopic (exact) mass is 294 g/mol. The maximum atomic E-state index is 6.32. The van der Waals surface area contributed by atoms with Gasteiger partial charge in [-0.2, -0.15) is 0 Å². The molecule has 0 spiro atoms. The van der Waals surface area contributed by atoms with Crippen molar-refractivity contribution in [3.63, 3.8) is 0 Å². The minimum absolute atomic E-state index is 0.0310. The van der Waals surface area contributed by atoms with Crippen LogP contribution >= 0.6 is 11.6 Å². The number of halogens is 1. The van der Waals surface area contributed by atoms with E-state index in [1.54, 1.807) is 0 Å². The summed E-state index contributed by atoms with van der Waals surface area (Å²) in [5.41, 5.74) is 7.39. The first kappa shape index (κ1) is 15.8. The Balaban J connectivity index is 1.93. The largest absolute Gasteiger partial charge is 0.324 e. The van der Waals surface area contributed by atoms with Gasteiger partial charge in [0.25, 0.3) is 0 Å². The summed E-state index contributed by atoms with van der Waals surface area (Å²) in [5.74, 6) is 1.56. The average Bonchev–Trinajstić information content (AvgIpc) is 2.41. The van der Waals surface area contributed by atoms with E-state index in [1.807, 2.05) is 24.3 Å². The molecular formula is C17H27ClN2. The fourth-order valence-electron chi connectivity index (χ4n) is 3.36. The Morgan fingerprint density at radius 2 is 2.00 bits per heavy atom. The van der Waals surface area contributed by atoms with Crippen molar-refractivity contribution in [3.05, 3.63) is 34.9 Å². The van der Waals surface area contributed by atoms with Crippen LogP contribution in [0.15, 0.2) is 24.3 Å². The lowest BCUT2D eigenvalue weighted by atomic mass is 9.85. The smallest absolute Gasteiger partial charge is 0.0453 e. The number of likely N-dealkylation sites (tertiary alicyclic amines) is 1. The molecule has 112 valence electrons. The fourth-order valence-corrected chi connectivity index (χ4v) is 3.64. The topological polar surface area (TPSA) is 29.3 Å². The number of hydrogen-bond acceptors (Lipinski definition) is 2. The first-order valence-electron chi connectivity index (χ1n) is 7.73. The van der Waals surface area contributed by atoms with Gasteiger partial charge in [-0.15, -0.1) is 0 Å². The Kier molecular flexibility index (Phi) is 5.48. The van der Waals surface area contributed by atoms with Gasteiger partial charge in [0.2, 0.25) is 0 Å². The summed E-state index contributed by atoms with van der Waals surface area (Å²) < 4.78 is 0. The second-order valence-electron chi connectivity index (χ2n) is 6.47. The third-order valence-corrected chi connectivity index (χ3v) is 5.10. The second-order valence-corrected chi connectivity index (χ2v) is 6.88. The molecule has 0 aromatic heterocycles. The minimum Gasteiger partial charge on any atom is -0.324 e. The maximum Gasteiger partial charge on any atom is 0.0453 e. The molecule has 1 saturated heterocycles. The van der Waals surface area contributed by atoms with Gasteiger partial charge in [-0.25, -0.2) is 0 Å². The van der Waals surface area contributed by atoms with Crippen molar-refractivity contribution in [1.82, 2.24) is 4.90 Å². The van der Waals surface area contributed by atoms with E-state index in [0.717, 1.165) is 35.4 Å². The van der Waals surface area contributed by atoms with Crippen molar-refractivity contribution in [3.8, 4) is 0 Å². The summed E-state index contributed by atoms with van der Waals surface area (Å²) in [7, 11) is 0. The number of nitrogens with zero attached hydrogens (tertiary/aromatic N) is 1. The zero-order valence-electron chi connectivity index (χ0n) is 12.8. The standard InChI is InChI=1S/C17H27ClN2/c1-12-10-13(2)14(3)20(11-12)9-8-17(19)15-6-4-5-7-16(15)18/h4-7,12-14,17H,8-11,19H2,1-3H3. The first-order chi connectivity index (χ1) is 9.49. The molecule has 0 aliphatic carbocycles. The molecule has 0 radical (unpaired) electrons. The van der Waals surface area contributed by atoms with Crippen molar-refractivity contribution in [2.45, 2.75) is 45.7 Å². The van der Waals surface area contributed by atoms with Gasteiger partial charge in [0.15, 0.2) is 0 Å². The molecular weight excluding hydrogens is 268 g/mol. The zero-order chi connectivity index (χ0) is 14.7. The summed E-state index contributed by atoms with van der Waals surface area (Å²) >= 11 is 6.22. The van der Waals surface area contributed by atoms with E-state index in [2.05, 4.69) is 25.7 Å². The van der Waals surface area contributed by atoms with Crippen LogP contribution in [-0.4, -0.2) is 24.0 Å². The Morgan fingerprint density at radius 1 is 1.30 bits per heavy atom. The summed E-state index contributed by atoms with van der Waals surface area (Å²) in [6, 6.07) is 8.61. The van der Waals surface area contributed by atoms with Gasteiger partial charge in [0.1, 0.15) is 0 Å². The zero-order valence-corrected chi connectivity index (χ0v) is 13.6. The maximum absolute atomic E-state index is 6.32. The van der Waals surface area contributed by atoms with Crippen molar-refractivity contribution >= 4 is 11.6 Å². The van der Waals surface area contributed by atoms with Gasteiger partial charge in [-0.05, 0) is 43.2 Å². The lowest BCUT2D eigenvalue weighted by Gasteiger charge is -2.41. The molecule has 1 fully saturated rings. The van der Waals surface area contributed by atoms with Crippen LogP contribution < -0.4 is 5.73 Å². The van der Waals surface area contributed by atoms with E-state index in [-0.39, 0.29) is 6.04 Å². The van der Waals surface area contributed by atoms with Crippen LogP contribution in [0.4, 0.5) is 0 Å². The molecule has 4 unspecified atom stereocenters. The van der Waals surface area contributed by atoms with Crippen LogP contribution in [-0.2, 0) is 0 Å². The van der Waals surface area contributed by atoms with Gasteiger partial charge in [0.05, 0.1) is 0 Å². The van der Waals surface area contributed by atoms with Gasteiger partial charge < -0.3 is 10.6 Å². The predicted octanol–water partition coefficient (Wildman–Crippen LogP) is 4.10. The Bertz CT molecular complexity index is 435. The molecule has 20 heavy (non-hydrogen) atoms. The van der Waals surface area contributed by atoms with E-state index < -0.39 is 0 Å². The van der Waals surface area contributed by atoms with Gasteiger partial charge in [-0.1, -0.05) is 43.6 Å². The summed E-state index contributed by atoms with van der Waals surface area (Å²) in [6.45, 7) is 9.31. The Labute approximate surface area is 128 Å². The summed E-state index contributed by atoms with van der Waals surface area (Å²) in [5, 5.41) is 0.786. The third-order valence-electron chi connectivity index (χ3n) is 4.75. The normalized spacial score (nSPS) is 29.4.